The highest BCUT2D eigenvalue weighted by Crippen LogP contribution is 2.27. The van der Waals surface area contributed by atoms with Crippen LogP contribution in [0.3, 0.4) is 0 Å². The molecule has 2 heteroatoms. The van der Waals surface area contributed by atoms with E-state index >= 15 is 0 Å². The molecule has 0 aromatic rings. The Morgan fingerprint density at radius 2 is 1.93 bits per heavy atom. The number of nitrogens with one attached hydrogen (secondary N) is 1. The van der Waals surface area contributed by atoms with Gasteiger partial charge in [-0.05, 0) is 31.6 Å². The molecular formula is C13H24ClN. The van der Waals surface area contributed by atoms with Crippen molar-refractivity contribution in [1.29, 1.82) is 0 Å². The van der Waals surface area contributed by atoms with Gasteiger partial charge in [-0.2, -0.15) is 0 Å². The lowest BCUT2D eigenvalue weighted by Gasteiger charge is -2.28. The first-order valence-corrected chi connectivity index (χ1v) is 6.84. The maximum Gasteiger partial charge on any atom is 0.0404 e. The van der Waals surface area contributed by atoms with Crippen LogP contribution >= 0.6 is 11.6 Å². The number of hydrogen-bond acceptors (Lipinski definition) is 1. The summed E-state index contributed by atoms with van der Waals surface area (Å²) in [5, 5.41) is 3.57. The first-order chi connectivity index (χ1) is 7.36. The molecule has 1 aliphatic rings. The SMILES string of the molecule is CCCC1CCC(NC/C=C/CCl)CC1. The van der Waals surface area contributed by atoms with Gasteiger partial charge in [-0.1, -0.05) is 31.9 Å². The third kappa shape index (κ3) is 5.58. The van der Waals surface area contributed by atoms with Gasteiger partial charge in [-0.25, -0.2) is 0 Å². The average molecular weight is 230 g/mol. The third-order valence-corrected chi connectivity index (χ3v) is 3.50. The Kier molecular flexibility index (Phi) is 7.12. The zero-order chi connectivity index (χ0) is 10.9. The fraction of sp³-hybridized carbons (Fsp3) is 0.846. The highest BCUT2D eigenvalue weighted by molar-refractivity contribution is 6.18. The number of alkyl halides is 1. The lowest BCUT2D eigenvalue weighted by atomic mass is 9.83. The summed E-state index contributed by atoms with van der Waals surface area (Å²) in [6.07, 6.45) is 12.5. The molecule has 0 unspecified atom stereocenters. The van der Waals surface area contributed by atoms with Gasteiger partial charge in [-0.15, -0.1) is 11.6 Å². The van der Waals surface area contributed by atoms with Gasteiger partial charge in [-0.3, -0.25) is 0 Å². The smallest absolute Gasteiger partial charge is 0.0404 e. The molecule has 15 heavy (non-hydrogen) atoms. The summed E-state index contributed by atoms with van der Waals surface area (Å²) >= 11 is 5.56. The zero-order valence-corrected chi connectivity index (χ0v) is 10.6. The first-order valence-electron chi connectivity index (χ1n) is 6.31. The van der Waals surface area contributed by atoms with E-state index in [0.29, 0.717) is 5.88 Å². The highest BCUT2D eigenvalue weighted by atomic mass is 35.5. The normalized spacial score (nSPS) is 27.3. The fourth-order valence-corrected chi connectivity index (χ4v) is 2.57. The Hall–Kier alpha value is -0.0100. The van der Waals surface area contributed by atoms with E-state index in [4.69, 9.17) is 11.6 Å². The van der Waals surface area contributed by atoms with E-state index in [2.05, 4.69) is 18.3 Å². The molecule has 0 aromatic heterocycles. The van der Waals surface area contributed by atoms with Crippen molar-refractivity contribution < 1.29 is 0 Å². The molecule has 1 nitrogen and oxygen atoms in total. The van der Waals surface area contributed by atoms with Gasteiger partial charge >= 0.3 is 0 Å². The van der Waals surface area contributed by atoms with Crippen molar-refractivity contribution in [2.24, 2.45) is 5.92 Å². The van der Waals surface area contributed by atoms with E-state index in [1.54, 1.807) is 0 Å². The molecule has 1 fully saturated rings. The number of hydrogen-bond donors (Lipinski definition) is 1. The molecule has 0 atom stereocenters. The van der Waals surface area contributed by atoms with Crippen LogP contribution in [-0.4, -0.2) is 18.5 Å². The minimum absolute atomic E-state index is 0.630. The lowest BCUT2D eigenvalue weighted by molar-refractivity contribution is 0.283. The van der Waals surface area contributed by atoms with Crippen molar-refractivity contribution in [3.8, 4) is 0 Å². The molecule has 0 heterocycles. The number of allylic oxidation sites excluding steroid dienone is 1. The highest BCUT2D eigenvalue weighted by Gasteiger charge is 2.19. The second-order valence-corrected chi connectivity index (χ2v) is 4.85. The molecule has 0 aliphatic heterocycles. The molecule has 0 amide bonds. The second-order valence-electron chi connectivity index (χ2n) is 4.54. The predicted octanol–water partition coefficient (Wildman–Crippen LogP) is 3.73. The van der Waals surface area contributed by atoms with E-state index in [9.17, 15) is 0 Å². The summed E-state index contributed by atoms with van der Waals surface area (Å²) in [5.41, 5.74) is 0. The van der Waals surface area contributed by atoms with E-state index < -0.39 is 0 Å². The van der Waals surface area contributed by atoms with Crippen LogP contribution in [0.25, 0.3) is 0 Å². The van der Waals surface area contributed by atoms with Crippen LogP contribution in [0.2, 0.25) is 0 Å². The number of rotatable bonds is 6. The number of halogens is 1. The second kappa shape index (κ2) is 8.18. The summed E-state index contributed by atoms with van der Waals surface area (Å²) in [7, 11) is 0. The van der Waals surface area contributed by atoms with Gasteiger partial charge in [0.15, 0.2) is 0 Å². The Morgan fingerprint density at radius 1 is 1.20 bits per heavy atom. The molecule has 1 N–H and O–H groups in total. The van der Waals surface area contributed by atoms with Crippen molar-refractivity contribution in [3.63, 3.8) is 0 Å². The van der Waals surface area contributed by atoms with Crippen LogP contribution in [-0.2, 0) is 0 Å². The summed E-state index contributed by atoms with van der Waals surface area (Å²) in [6.45, 7) is 3.27. The van der Waals surface area contributed by atoms with E-state index in [0.717, 1.165) is 18.5 Å². The van der Waals surface area contributed by atoms with Crippen molar-refractivity contribution in [3.05, 3.63) is 12.2 Å². The van der Waals surface area contributed by atoms with Gasteiger partial charge in [0.05, 0.1) is 0 Å². The van der Waals surface area contributed by atoms with Crippen LogP contribution < -0.4 is 5.32 Å². The molecule has 0 saturated heterocycles. The van der Waals surface area contributed by atoms with E-state index in [1.165, 1.54) is 38.5 Å². The van der Waals surface area contributed by atoms with Crippen LogP contribution in [0.15, 0.2) is 12.2 Å². The topological polar surface area (TPSA) is 12.0 Å². The molecule has 0 spiro atoms. The minimum Gasteiger partial charge on any atom is -0.311 e. The monoisotopic (exact) mass is 229 g/mol. The van der Waals surface area contributed by atoms with Crippen molar-refractivity contribution in [2.45, 2.75) is 51.5 Å². The summed E-state index contributed by atoms with van der Waals surface area (Å²) in [6, 6.07) is 0.748. The van der Waals surface area contributed by atoms with Crippen molar-refractivity contribution in [2.75, 3.05) is 12.4 Å². The van der Waals surface area contributed by atoms with E-state index in [1.807, 2.05) is 6.08 Å². The fourth-order valence-electron chi connectivity index (χ4n) is 2.44. The first kappa shape index (κ1) is 13.1. The molecule has 1 aliphatic carbocycles. The Morgan fingerprint density at radius 3 is 2.53 bits per heavy atom. The van der Waals surface area contributed by atoms with Crippen LogP contribution in [0.1, 0.15) is 45.4 Å². The summed E-state index contributed by atoms with van der Waals surface area (Å²) in [4.78, 5) is 0. The van der Waals surface area contributed by atoms with Gasteiger partial charge in [0, 0.05) is 18.5 Å². The predicted molar refractivity (Wildman–Crippen MR) is 68.5 cm³/mol. The van der Waals surface area contributed by atoms with Gasteiger partial charge < -0.3 is 5.32 Å². The molecular weight excluding hydrogens is 206 g/mol. The average Bonchev–Trinajstić information content (AvgIpc) is 2.27. The zero-order valence-electron chi connectivity index (χ0n) is 9.84. The van der Waals surface area contributed by atoms with Gasteiger partial charge in [0.2, 0.25) is 0 Å². The van der Waals surface area contributed by atoms with Gasteiger partial charge in [0.1, 0.15) is 0 Å². The van der Waals surface area contributed by atoms with E-state index in [-0.39, 0.29) is 0 Å². The maximum absolute atomic E-state index is 5.56. The minimum atomic E-state index is 0.630. The summed E-state index contributed by atoms with van der Waals surface area (Å²) in [5.74, 6) is 1.64. The lowest BCUT2D eigenvalue weighted by Crippen LogP contribution is -2.33. The van der Waals surface area contributed by atoms with Crippen LogP contribution in [0.5, 0.6) is 0 Å². The Balaban J connectivity index is 2.06. The standard InChI is InChI=1S/C13H24ClN/c1-2-5-12-6-8-13(9-7-12)15-11-4-3-10-14/h3-4,12-13,15H,2,5-11H2,1H3/b4-3+. The van der Waals surface area contributed by atoms with Crippen LogP contribution in [0.4, 0.5) is 0 Å². The third-order valence-electron chi connectivity index (χ3n) is 3.32. The molecule has 88 valence electrons. The molecule has 1 rings (SSSR count). The van der Waals surface area contributed by atoms with Crippen molar-refractivity contribution >= 4 is 11.6 Å². The molecule has 0 aromatic carbocycles. The Labute approximate surface area is 99.3 Å². The molecule has 0 radical (unpaired) electrons. The molecule has 0 bridgehead atoms. The summed E-state index contributed by atoms with van der Waals surface area (Å²) < 4.78 is 0. The maximum atomic E-state index is 5.56. The Bertz CT molecular complexity index is 171. The van der Waals surface area contributed by atoms with Crippen LogP contribution in [0, 0.1) is 5.92 Å². The molecule has 1 saturated carbocycles. The van der Waals surface area contributed by atoms with Gasteiger partial charge in [0.25, 0.3) is 0 Å². The largest absolute Gasteiger partial charge is 0.311 e. The van der Waals surface area contributed by atoms with Crippen molar-refractivity contribution in [1.82, 2.24) is 5.32 Å². The quantitative estimate of drug-likeness (QED) is 0.541.